The summed E-state index contributed by atoms with van der Waals surface area (Å²) in [7, 11) is 0. The van der Waals surface area contributed by atoms with Gasteiger partial charge in [-0.25, -0.2) is 4.79 Å². The number of aromatic hydroxyl groups is 2. The lowest BCUT2D eigenvalue weighted by atomic mass is 9.95. The molecule has 76 valence electrons. The SMILES string of the molecule is CC(O)(C(=O)O)c1ccc(O)cc1O. The highest BCUT2D eigenvalue weighted by molar-refractivity contribution is 5.79. The van der Waals surface area contributed by atoms with Crippen LogP contribution in [0.25, 0.3) is 0 Å². The fraction of sp³-hybridized carbons (Fsp3) is 0.222. The van der Waals surface area contributed by atoms with Crippen LogP contribution in [0, 0.1) is 0 Å². The van der Waals surface area contributed by atoms with Crippen LogP contribution in [0.4, 0.5) is 0 Å². The Hall–Kier alpha value is -1.75. The van der Waals surface area contributed by atoms with Gasteiger partial charge in [0.05, 0.1) is 0 Å². The summed E-state index contributed by atoms with van der Waals surface area (Å²) in [6, 6.07) is 3.30. The number of hydrogen-bond acceptors (Lipinski definition) is 4. The third-order valence-electron chi connectivity index (χ3n) is 1.92. The van der Waals surface area contributed by atoms with Crippen molar-refractivity contribution in [3.8, 4) is 11.5 Å². The van der Waals surface area contributed by atoms with Crippen LogP contribution in [-0.4, -0.2) is 26.4 Å². The molecule has 0 aliphatic carbocycles. The second-order valence-corrected chi connectivity index (χ2v) is 3.08. The number of phenols is 2. The fourth-order valence-electron chi connectivity index (χ4n) is 1.05. The van der Waals surface area contributed by atoms with E-state index in [-0.39, 0.29) is 11.3 Å². The van der Waals surface area contributed by atoms with E-state index in [4.69, 9.17) is 10.2 Å². The maximum atomic E-state index is 10.6. The Bertz CT molecular complexity index is 369. The lowest BCUT2D eigenvalue weighted by molar-refractivity contribution is -0.157. The molecule has 0 saturated carbocycles. The maximum Gasteiger partial charge on any atom is 0.340 e. The summed E-state index contributed by atoms with van der Waals surface area (Å²) in [5.74, 6) is -2.14. The molecular formula is C9H10O5. The van der Waals surface area contributed by atoms with E-state index in [1.807, 2.05) is 0 Å². The number of aliphatic carboxylic acids is 1. The van der Waals surface area contributed by atoms with Crippen LogP contribution >= 0.6 is 0 Å². The van der Waals surface area contributed by atoms with Gasteiger partial charge in [0.15, 0.2) is 5.60 Å². The summed E-state index contributed by atoms with van der Waals surface area (Å²) < 4.78 is 0. The molecular weight excluding hydrogens is 188 g/mol. The van der Waals surface area contributed by atoms with E-state index >= 15 is 0 Å². The highest BCUT2D eigenvalue weighted by Gasteiger charge is 2.34. The highest BCUT2D eigenvalue weighted by atomic mass is 16.4. The van der Waals surface area contributed by atoms with E-state index in [1.165, 1.54) is 6.07 Å². The molecule has 0 fully saturated rings. The normalized spacial score (nSPS) is 14.7. The Kier molecular flexibility index (Phi) is 2.35. The minimum atomic E-state index is -2.17. The van der Waals surface area contributed by atoms with Crippen molar-refractivity contribution in [2.75, 3.05) is 0 Å². The van der Waals surface area contributed by atoms with Gasteiger partial charge >= 0.3 is 5.97 Å². The first kappa shape index (κ1) is 10.3. The van der Waals surface area contributed by atoms with Crippen molar-refractivity contribution >= 4 is 5.97 Å². The highest BCUT2D eigenvalue weighted by Crippen LogP contribution is 2.31. The van der Waals surface area contributed by atoms with Gasteiger partial charge in [0.2, 0.25) is 0 Å². The molecule has 0 saturated heterocycles. The van der Waals surface area contributed by atoms with Gasteiger partial charge in [0.1, 0.15) is 11.5 Å². The largest absolute Gasteiger partial charge is 0.508 e. The summed E-state index contributed by atoms with van der Waals surface area (Å²) in [5.41, 5.74) is -2.33. The van der Waals surface area contributed by atoms with Gasteiger partial charge in [-0.15, -0.1) is 0 Å². The molecule has 0 amide bonds. The zero-order chi connectivity index (χ0) is 10.9. The van der Waals surface area contributed by atoms with Gasteiger partial charge < -0.3 is 20.4 Å². The van der Waals surface area contributed by atoms with Crippen molar-refractivity contribution in [1.82, 2.24) is 0 Å². The van der Waals surface area contributed by atoms with Crippen molar-refractivity contribution in [2.45, 2.75) is 12.5 Å². The Balaban J connectivity index is 3.26. The predicted octanol–water partition coefficient (Wildman–Crippen LogP) is 0.390. The van der Waals surface area contributed by atoms with Crippen LogP contribution in [0.5, 0.6) is 11.5 Å². The van der Waals surface area contributed by atoms with Gasteiger partial charge in [-0.05, 0) is 19.1 Å². The summed E-state index contributed by atoms with van der Waals surface area (Å²) in [5, 5.41) is 36.4. The molecule has 14 heavy (non-hydrogen) atoms. The minimum Gasteiger partial charge on any atom is -0.508 e. The quantitative estimate of drug-likeness (QED) is 0.551. The molecule has 4 N–H and O–H groups in total. The van der Waals surface area contributed by atoms with Crippen LogP contribution in [0.2, 0.25) is 0 Å². The van der Waals surface area contributed by atoms with Crippen molar-refractivity contribution < 1.29 is 25.2 Å². The number of hydrogen-bond donors (Lipinski definition) is 4. The molecule has 0 aliphatic heterocycles. The molecule has 1 rings (SSSR count). The van der Waals surface area contributed by atoms with Crippen LogP contribution in [-0.2, 0) is 10.4 Å². The number of carboxylic acid groups (broad SMARTS) is 1. The van der Waals surface area contributed by atoms with Crippen LogP contribution < -0.4 is 0 Å². The summed E-state index contributed by atoms with van der Waals surface area (Å²) in [6.07, 6.45) is 0. The number of carbonyl (C=O) groups is 1. The molecule has 0 spiro atoms. The lowest BCUT2D eigenvalue weighted by Crippen LogP contribution is -2.31. The van der Waals surface area contributed by atoms with Crippen LogP contribution in [0.15, 0.2) is 18.2 Å². The van der Waals surface area contributed by atoms with Gasteiger partial charge in [-0.1, -0.05) is 0 Å². The first-order valence-corrected chi connectivity index (χ1v) is 3.84. The smallest absolute Gasteiger partial charge is 0.340 e. The molecule has 5 heteroatoms. The first-order valence-electron chi connectivity index (χ1n) is 3.84. The maximum absolute atomic E-state index is 10.6. The number of aliphatic hydroxyl groups is 1. The number of rotatable bonds is 2. The third kappa shape index (κ3) is 1.62. The van der Waals surface area contributed by atoms with Crippen LogP contribution in [0.1, 0.15) is 12.5 Å². The average Bonchev–Trinajstić information content (AvgIpc) is 2.02. The molecule has 1 aromatic rings. The van der Waals surface area contributed by atoms with E-state index in [2.05, 4.69) is 0 Å². The van der Waals surface area contributed by atoms with E-state index in [0.29, 0.717) is 0 Å². The second-order valence-electron chi connectivity index (χ2n) is 3.08. The van der Waals surface area contributed by atoms with E-state index in [0.717, 1.165) is 19.1 Å². The third-order valence-corrected chi connectivity index (χ3v) is 1.92. The van der Waals surface area contributed by atoms with Gasteiger partial charge in [-0.3, -0.25) is 0 Å². The summed E-state index contributed by atoms with van der Waals surface area (Å²) >= 11 is 0. The molecule has 0 radical (unpaired) electrons. The molecule has 0 heterocycles. The zero-order valence-corrected chi connectivity index (χ0v) is 7.43. The topological polar surface area (TPSA) is 98.0 Å². The van der Waals surface area contributed by atoms with E-state index in [1.54, 1.807) is 0 Å². The number of carboxylic acids is 1. The molecule has 0 bridgehead atoms. The number of benzene rings is 1. The van der Waals surface area contributed by atoms with Crippen molar-refractivity contribution in [2.24, 2.45) is 0 Å². The lowest BCUT2D eigenvalue weighted by Gasteiger charge is -2.19. The first-order chi connectivity index (χ1) is 6.35. The Morgan fingerprint density at radius 3 is 2.36 bits per heavy atom. The summed E-state index contributed by atoms with van der Waals surface area (Å²) in [6.45, 7) is 1.04. The van der Waals surface area contributed by atoms with Crippen molar-refractivity contribution in [3.05, 3.63) is 23.8 Å². The average molecular weight is 198 g/mol. The van der Waals surface area contributed by atoms with Crippen LogP contribution in [0.3, 0.4) is 0 Å². The summed E-state index contributed by atoms with van der Waals surface area (Å²) in [4.78, 5) is 10.6. The molecule has 0 aromatic heterocycles. The second kappa shape index (κ2) is 3.19. The predicted molar refractivity (Wildman–Crippen MR) is 47.0 cm³/mol. The molecule has 1 atom stereocenters. The monoisotopic (exact) mass is 198 g/mol. The standard InChI is InChI=1S/C9H10O5/c1-9(14,8(12)13)6-3-2-5(10)4-7(6)11/h2-4,10-11,14H,1H3,(H,12,13). The number of phenolic OH excluding ortho intramolecular Hbond substituents is 2. The van der Waals surface area contributed by atoms with Gasteiger partial charge in [0, 0.05) is 11.6 Å². The molecule has 1 unspecified atom stereocenters. The molecule has 5 nitrogen and oxygen atoms in total. The minimum absolute atomic E-state index is 0.164. The van der Waals surface area contributed by atoms with E-state index in [9.17, 15) is 15.0 Å². The fourth-order valence-corrected chi connectivity index (χ4v) is 1.05. The Morgan fingerprint density at radius 1 is 1.36 bits per heavy atom. The molecule has 1 aromatic carbocycles. The Labute approximate surface area is 79.9 Å². The Morgan fingerprint density at radius 2 is 1.93 bits per heavy atom. The van der Waals surface area contributed by atoms with E-state index < -0.39 is 17.3 Å². The van der Waals surface area contributed by atoms with Crippen molar-refractivity contribution in [1.29, 1.82) is 0 Å². The zero-order valence-electron chi connectivity index (χ0n) is 7.43. The van der Waals surface area contributed by atoms with Gasteiger partial charge in [0.25, 0.3) is 0 Å². The van der Waals surface area contributed by atoms with Gasteiger partial charge in [-0.2, -0.15) is 0 Å². The molecule has 0 aliphatic rings. The van der Waals surface area contributed by atoms with Crippen molar-refractivity contribution in [3.63, 3.8) is 0 Å².